The Kier molecular flexibility index (Phi) is 0.330. The Labute approximate surface area is 31.9 Å². The second-order valence-electron chi connectivity index (χ2n) is 0.763. The van der Waals surface area contributed by atoms with Crippen LogP contribution in [-0.4, -0.2) is 6.73 Å². The molecule has 2 nitrogen and oxygen atoms in total. The van der Waals surface area contributed by atoms with Gasteiger partial charge < -0.3 is 10.0 Å². The Morgan fingerprint density at radius 3 is 3.40 bits per heavy atom. The minimum atomic E-state index is 0.375. The molecule has 0 aromatic rings. The van der Waals surface area contributed by atoms with Crippen molar-refractivity contribution in [1.29, 1.82) is 0 Å². The highest BCUT2D eigenvalue weighted by Gasteiger charge is 1.79. The largest absolute Gasteiger partial charge is 0.479 e. The van der Waals surface area contributed by atoms with Gasteiger partial charge in [0.2, 0.25) is 0 Å². The van der Waals surface area contributed by atoms with Crippen molar-refractivity contribution in [2.45, 2.75) is 0 Å². The summed E-state index contributed by atoms with van der Waals surface area (Å²) < 4.78 is 11.4. The van der Waals surface area contributed by atoms with Crippen LogP contribution in [0.3, 0.4) is 0 Å². The topological polar surface area (TPSA) is 21.3 Å². The van der Waals surface area contributed by atoms with Crippen molar-refractivity contribution < 1.29 is 6.15 Å². The van der Waals surface area contributed by atoms with Crippen LogP contribution in [0.2, 0.25) is 1.41 Å². The second-order valence-corrected chi connectivity index (χ2v) is 0.763. The van der Waals surface area contributed by atoms with Gasteiger partial charge >= 0.3 is 0 Å². The zero-order valence-electron chi connectivity index (χ0n) is 3.72. The van der Waals surface area contributed by atoms with Crippen molar-refractivity contribution in [3.8, 4) is 0 Å². The van der Waals surface area contributed by atoms with E-state index in [1.165, 1.54) is 11.6 Å². The summed E-state index contributed by atoms with van der Waals surface area (Å²) in [6.45, 7) is 0.375. The fourth-order valence-electron chi connectivity index (χ4n) is 0.215. The molecule has 0 bridgehead atoms. The Balaban J connectivity index is 2.38. The normalized spacial score (nSPS) is 22.4. The Hall–Kier alpha value is -0.660. The van der Waals surface area contributed by atoms with Gasteiger partial charge in [0.25, 0.3) is 0 Å². The summed E-state index contributed by atoms with van der Waals surface area (Å²) in [5.74, 6) is 0. The quantitative estimate of drug-likeness (QED) is 0.436. The highest BCUT2D eigenvalue weighted by atomic mass is 16.5. The summed E-state index contributed by atoms with van der Waals surface area (Å²) in [4.78, 5) is 0. The molecule has 0 fully saturated rings. The number of hydrogen-bond donors (Lipinski definition) is 1. The molecule has 0 aromatic heterocycles. The van der Waals surface area contributed by atoms with Crippen LogP contribution in [0.1, 0.15) is 0 Å². The average Bonchev–Trinajstić information content (AvgIpc) is 1.86. The fourth-order valence-corrected chi connectivity index (χ4v) is 0.215. The van der Waals surface area contributed by atoms with E-state index in [1.54, 1.807) is 6.20 Å². The van der Waals surface area contributed by atoms with Gasteiger partial charge in [-0.3, -0.25) is 0 Å². The van der Waals surface area contributed by atoms with Gasteiger partial charge in [0.05, 0.1) is 0 Å². The molecule has 0 unspecified atom stereocenters. The summed E-state index contributed by atoms with van der Waals surface area (Å²) >= 11 is 0. The van der Waals surface area contributed by atoms with E-state index in [4.69, 9.17) is 1.41 Å². The van der Waals surface area contributed by atoms with Crippen molar-refractivity contribution in [2.24, 2.45) is 0 Å². The van der Waals surface area contributed by atoms with Crippen LogP contribution in [0.4, 0.5) is 0 Å². The maximum atomic E-state index is 6.75. The van der Waals surface area contributed by atoms with E-state index in [9.17, 15) is 0 Å². The van der Waals surface area contributed by atoms with Crippen molar-refractivity contribution in [2.75, 3.05) is 6.73 Å². The van der Waals surface area contributed by atoms with Crippen LogP contribution >= 0.6 is 0 Å². The molecule has 0 radical (unpaired) electrons. The van der Waals surface area contributed by atoms with Crippen LogP contribution < -0.4 is 5.31 Å². The first-order chi connectivity index (χ1) is 2.89. The smallest absolute Gasteiger partial charge is 0.163 e. The summed E-state index contributed by atoms with van der Waals surface area (Å²) in [6, 6.07) is 0. The van der Waals surface area contributed by atoms with Gasteiger partial charge in [-0.15, -0.1) is 0 Å². The molecule has 0 atom stereocenters. The maximum Gasteiger partial charge on any atom is 0.163 e. The van der Waals surface area contributed by atoms with E-state index >= 15 is 0 Å². The maximum absolute atomic E-state index is 6.75. The van der Waals surface area contributed by atoms with Crippen molar-refractivity contribution >= 4 is 0 Å². The highest BCUT2D eigenvalue weighted by Crippen LogP contribution is 1.78. The highest BCUT2D eigenvalue weighted by molar-refractivity contribution is 4.73. The van der Waals surface area contributed by atoms with Crippen LogP contribution in [0.15, 0.2) is 12.5 Å². The molecular weight excluding hydrogens is 66.0 g/mol. The van der Waals surface area contributed by atoms with Gasteiger partial charge in [-0.25, -0.2) is 0 Å². The van der Waals surface area contributed by atoms with Crippen LogP contribution in [-0.2, 0) is 4.74 Å². The van der Waals surface area contributed by atoms with Gasteiger partial charge in [-0.05, 0) is 0 Å². The Morgan fingerprint density at radius 1 is 2.20 bits per heavy atom. The second kappa shape index (κ2) is 0.971. The van der Waals surface area contributed by atoms with E-state index in [0.29, 0.717) is 6.73 Å². The minimum Gasteiger partial charge on any atom is -0.479 e. The molecule has 0 saturated carbocycles. The predicted octanol–water partition coefficient (Wildman–Crippen LogP) is 0.0349. The van der Waals surface area contributed by atoms with Crippen molar-refractivity contribution in [3.63, 3.8) is 0 Å². The van der Waals surface area contributed by atoms with Crippen molar-refractivity contribution in [1.82, 2.24) is 5.31 Å². The van der Waals surface area contributed by atoms with Crippen LogP contribution in [0.25, 0.3) is 0 Å². The minimum absolute atomic E-state index is 0.375. The number of rotatable bonds is 0. The molecule has 0 aliphatic carbocycles. The molecule has 0 aromatic carbocycles. The summed E-state index contributed by atoms with van der Waals surface area (Å²) in [6.07, 6.45) is 3.05. The summed E-state index contributed by atoms with van der Waals surface area (Å²) in [5, 5.41) is 1.21. The van der Waals surface area contributed by atoms with Gasteiger partial charge in [0.1, 0.15) is 6.26 Å². The molecule has 0 saturated heterocycles. The number of ether oxygens (including phenoxy) is 1. The summed E-state index contributed by atoms with van der Waals surface area (Å²) in [5.41, 5.74) is 0. The standard InChI is InChI=1S/C3H5NO/c1-2-5-3-4-1/h1-2,4H,3H2/i/hD. The lowest BCUT2D eigenvalue weighted by molar-refractivity contribution is 0.267. The van der Waals surface area contributed by atoms with E-state index < -0.39 is 0 Å². The van der Waals surface area contributed by atoms with Gasteiger partial charge in [0.15, 0.2) is 8.14 Å². The van der Waals surface area contributed by atoms with Crippen LogP contribution in [0, 0.1) is 0 Å². The molecule has 28 valence electrons. The molecule has 1 N–H and O–H groups in total. The van der Waals surface area contributed by atoms with Gasteiger partial charge in [-0.1, -0.05) is 0 Å². The third-order valence-corrected chi connectivity index (χ3v) is 0.412. The Morgan fingerprint density at radius 2 is 3.20 bits per heavy atom. The lowest BCUT2D eigenvalue weighted by atomic mass is 11.0. The number of nitrogens with one attached hydrogen (secondary N) is 1. The molecular formula is C3H5NO. The first-order valence-electron chi connectivity index (χ1n) is 1.88. The predicted molar refractivity (Wildman–Crippen MR) is 18.2 cm³/mol. The number of hydrogen-bond acceptors (Lipinski definition) is 2. The average molecular weight is 72.1 g/mol. The zero-order valence-corrected chi connectivity index (χ0v) is 2.72. The van der Waals surface area contributed by atoms with E-state index in [2.05, 4.69) is 4.74 Å². The molecule has 1 aliphatic rings. The summed E-state index contributed by atoms with van der Waals surface area (Å²) in [7, 11) is 0. The molecule has 5 heavy (non-hydrogen) atoms. The lowest BCUT2D eigenvalue weighted by Crippen LogP contribution is -1.98. The monoisotopic (exact) mass is 72.0 g/mol. The molecule has 1 rings (SSSR count). The lowest BCUT2D eigenvalue weighted by Gasteiger charge is -1.82. The zero-order chi connectivity index (χ0) is 4.41. The molecule has 1 heterocycles. The third kappa shape index (κ3) is 0.318. The van der Waals surface area contributed by atoms with E-state index in [1.807, 2.05) is 0 Å². The first-order valence-corrected chi connectivity index (χ1v) is 1.43. The van der Waals surface area contributed by atoms with Crippen molar-refractivity contribution in [3.05, 3.63) is 12.5 Å². The van der Waals surface area contributed by atoms with E-state index in [-0.39, 0.29) is 0 Å². The SMILES string of the molecule is [2H]N1C=COC1. The van der Waals surface area contributed by atoms with Gasteiger partial charge in [-0.2, -0.15) is 0 Å². The van der Waals surface area contributed by atoms with Crippen LogP contribution in [0.5, 0.6) is 0 Å². The van der Waals surface area contributed by atoms with E-state index in [0.717, 1.165) is 0 Å². The Bertz CT molecular complexity index is 73.2. The molecule has 1 aliphatic heterocycles. The molecule has 0 amide bonds. The first kappa shape index (κ1) is 1.70. The molecule has 2 heteroatoms. The molecule has 0 spiro atoms. The van der Waals surface area contributed by atoms with Gasteiger partial charge in [0, 0.05) is 6.20 Å². The third-order valence-electron chi connectivity index (χ3n) is 0.412. The fraction of sp³-hybridized carbons (Fsp3) is 0.333.